The summed E-state index contributed by atoms with van der Waals surface area (Å²) in [5, 5.41) is 3.31. The molecule has 3 aromatic rings. The first-order valence-electron chi connectivity index (χ1n) is 7.79. The van der Waals surface area contributed by atoms with Crippen molar-refractivity contribution in [3.05, 3.63) is 83.9 Å². The lowest BCUT2D eigenvalue weighted by molar-refractivity contribution is 0.441. The van der Waals surface area contributed by atoms with Crippen molar-refractivity contribution in [2.24, 2.45) is 0 Å². The van der Waals surface area contributed by atoms with Crippen LogP contribution in [0.4, 0.5) is 4.39 Å². The maximum atomic E-state index is 13.5. The first-order chi connectivity index (χ1) is 11.8. The molecule has 0 spiro atoms. The minimum absolute atomic E-state index is 0.155. The van der Waals surface area contributed by atoms with E-state index in [9.17, 15) is 4.39 Å². The van der Waals surface area contributed by atoms with Gasteiger partial charge in [0.15, 0.2) is 0 Å². The SMILES string of the molecule is Fc1ccccc1CCNCc1cccc(Oc2ncccn2)c1. The molecular weight excluding hydrogens is 305 g/mol. The largest absolute Gasteiger partial charge is 0.424 e. The molecule has 0 atom stereocenters. The Morgan fingerprint density at radius 1 is 0.958 bits per heavy atom. The Hall–Kier alpha value is -2.79. The minimum atomic E-state index is -0.155. The van der Waals surface area contributed by atoms with Gasteiger partial charge in [0.2, 0.25) is 0 Å². The molecule has 0 aliphatic rings. The summed E-state index contributed by atoms with van der Waals surface area (Å²) in [5.41, 5.74) is 1.81. The number of benzene rings is 2. The predicted octanol–water partition coefficient (Wildman–Crippen LogP) is 3.74. The fraction of sp³-hybridized carbons (Fsp3) is 0.158. The van der Waals surface area contributed by atoms with Gasteiger partial charge in [0.25, 0.3) is 0 Å². The van der Waals surface area contributed by atoms with Gasteiger partial charge in [-0.25, -0.2) is 14.4 Å². The van der Waals surface area contributed by atoms with Crippen molar-refractivity contribution in [2.45, 2.75) is 13.0 Å². The summed E-state index contributed by atoms with van der Waals surface area (Å²) in [4.78, 5) is 8.07. The second-order valence-corrected chi connectivity index (χ2v) is 5.30. The van der Waals surface area contributed by atoms with Crippen LogP contribution in [0.25, 0.3) is 0 Å². The Kier molecular flexibility index (Phi) is 5.48. The number of aromatic nitrogens is 2. The molecule has 0 aliphatic heterocycles. The van der Waals surface area contributed by atoms with E-state index in [-0.39, 0.29) is 5.82 Å². The Labute approximate surface area is 140 Å². The van der Waals surface area contributed by atoms with Crippen LogP contribution in [0.15, 0.2) is 67.0 Å². The highest BCUT2D eigenvalue weighted by Gasteiger charge is 2.02. The number of rotatable bonds is 7. The molecule has 4 nitrogen and oxygen atoms in total. The molecule has 0 amide bonds. The van der Waals surface area contributed by atoms with Crippen LogP contribution in [0.1, 0.15) is 11.1 Å². The van der Waals surface area contributed by atoms with E-state index in [4.69, 9.17) is 4.74 Å². The number of hydrogen-bond donors (Lipinski definition) is 1. The molecule has 1 heterocycles. The monoisotopic (exact) mass is 323 g/mol. The number of ether oxygens (including phenoxy) is 1. The Bertz CT molecular complexity index is 780. The van der Waals surface area contributed by atoms with Crippen molar-refractivity contribution < 1.29 is 9.13 Å². The van der Waals surface area contributed by atoms with Crippen LogP contribution in [-0.2, 0) is 13.0 Å². The smallest absolute Gasteiger partial charge is 0.321 e. The summed E-state index contributed by atoms with van der Waals surface area (Å²) >= 11 is 0. The third-order valence-electron chi connectivity index (χ3n) is 3.51. The molecule has 122 valence electrons. The summed E-state index contributed by atoms with van der Waals surface area (Å²) < 4.78 is 19.2. The fourth-order valence-corrected chi connectivity index (χ4v) is 2.32. The molecule has 1 N–H and O–H groups in total. The normalized spacial score (nSPS) is 10.5. The topological polar surface area (TPSA) is 47.0 Å². The molecule has 0 saturated heterocycles. The van der Waals surface area contributed by atoms with Crippen LogP contribution in [0, 0.1) is 5.82 Å². The Morgan fingerprint density at radius 2 is 1.79 bits per heavy atom. The van der Waals surface area contributed by atoms with Crippen LogP contribution in [-0.4, -0.2) is 16.5 Å². The third kappa shape index (κ3) is 4.60. The van der Waals surface area contributed by atoms with Crippen LogP contribution in [0.2, 0.25) is 0 Å². The molecule has 1 aromatic heterocycles. The molecule has 0 unspecified atom stereocenters. The maximum Gasteiger partial charge on any atom is 0.321 e. The summed E-state index contributed by atoms with van der Waals surface area (Å²) in [6.07, 6.45) is 3.92. The van der Waals surface area contributed by atoms with E-state index in [1.54, 1.807) is 24.5 Å². The van der Waals surface area contributed by atoms with Gasteiger partial charge >= 0.3 is 6.01 Å². The zero-order valence-corrected chi connectivity index (χ0v) is 13.2. The van der Waals surface area contributed by atoms with Gasteiger partial charge in [-0.15, -0.1) is 0 Å². The summed E-state index contributed by atoms with van der Waals surface area (Å²) in [6, 6.07) is 16.6. The number of nitrogens with one attached hydrogen (secondary N) is 1. The maximum absolute atomic E-state index is 13.5. The van der Waals surface area contributed by atoms with E-state index < -0.39 is 0 Å². The van der Waals surface area contributed by atoms with Crippen molar-refractivity contribution in [3.63, 3.8) is 0 Å². The highest BCUT2D eigenvalue weighted by atomic mass is 19.1. The lowest BCUT2D eigenvalue weighted by Crippen LogP contribution is -2.17. The third-order valence-corrected chi connectivity index (χ3v) is 3.51. The Balaban J connectivity index is 1.51. The quantitative estimate of drug-likeness (QED) is 0.673. The average molecular weight is 323 g/mol. The van der Waals surface area contributed by atoms with Gasteiger partial charge in [0.05, 0.1) is 0 Å². The zero-order chi connectivity index (χ0) is 16.6. The van der Waals surface area contributed by atoms with Gasteiger partial charge in [0, 0.05) is 18.9 Å². The number of nitrogens with zero attached hydrogens (tertiary/aromatic N) is 2. The van der Waals surface area contributed by atoms with Crippen LogP contribution in [0.5, 0.6) is 11.8 Å². The van der Waals surface area contributed by atoms with E-state index in [0.717, 1.165) is 11.1 Å². The summed E-state index contributed by atoms with van der Waals surface area (Å²) in [6.45, 7) is 1.38. The van der Waals surface area contributed by atoms with E-state index in [0.29, 0.717) is 31.3 Å². The van der Waals surface area contributed by atoms with E-state index >= 15 is 0 Å². The molecular formula is C19H18FN3O. The lowest BCUT2D eigenvalue weighted by atomic mass is 10.1. The molecule has 0 saturated carbocycles. The Morgan fingerprint density at radius 3 is 2.62 bits per heavy atom. The molecule has 0 aliphatic carbocycles. The van der Waals surface area contributed by atoms with Gasteiger partial charge in [-0.3, -0.25) is 0 Å². The molecule has 5 heteroatoms. The van der Waals surface area contributed by atoms with Crippen LogP contribution >= 0.6 is 0 Å². The van der Waals surface area contributed by atoms with Crippen molar-refractivity contribution in [2.75, 3.05) is 6.54 Å². The van der Waals surface area contributed by atoms with Crippen LogP contribution in [0.3, 0.4) is 0 Å². The molecule has 0 bridgehead atoms. The average Bonchev–Trinajstić information content (AvgIpc) is 2.61. The molecule has 24 heavy (non-hydrogen) atoms. The van der Waals surface area contributed by atoms with Gasteiger partial charge in [0.1, 0.15) is 11.6 Å². The highest BCUT2D eigenvalue weighted by molar-refractivity contribution is 5.30. The first kappa shape index (κ1) is 16.1. The van der Waals surface area contributed by atoms with Crippen molar-refractivity contribution in [1.29, 1.82) is 0 Å². The highest BCUT2D eigenvalue weighted by Crippen LogP contribution is 2.18. The van der Waals surface area contributed by atoms with Crippen LogP contribution < -0.4 is 10.1 Å². The standard InChI is InChI=1S/C19H18FN3O/c20-18-8-2-1-6-16(18)9-12-21-14-15-5-3-7-17(13-15)24-19-22-10-4-11-23-19/h1-8,10-11,13,21H,9,12,14H2. The van der Waals surface area contributed by atoms with Gasteiger partial charge in [-0.05, 0) is 48.4 Å². The van der Waals surface area contributed by atoms with Crippen molar-refractivity contribution >= 4 is 0 Å². The predicted molar refractivity (Wildman–Crippen MR) is 90.4 cm³/mol. The molecule has 0 fully saturated rings. The molecule has 0 radical (unpaired) electrons. The second-order valence-electron chi connectivity index (χ2n) is 5.30. The van der Waals surface area contributed by atoms with Gasteiger partial charge in [-0.2, -0.15) is 0 Å². The van der Waals surface area contributed by atoms with Crippen molar-refractivity contribution in [3.8, 4) is 11.8 Å². The zero-order valence-electron chi connectivity index (χ0n) is 13.2. The van der Waals surface area contributed by atoms with E-state index in [1.165, 1.54) is 6.07 Å². The lowest BCUT2D eigenvalue weighted by Gasteiger charge is -2.08. The van der Waals surface area contributed by atoms with Gasteiger partial charge < -0.3 is 10.1 Å². The summed E-state index contributed by atoms with van der Waals surface area (Å²) in [5.74, 6) is 0.534. The van der Waals surface area contributed by atoms with Crippen molar-refractivity contribution in [1.82, 2.24) is 15.3 Å². The number of hydrogen-bond acceptors (Lipinski definition) is 4. The fourth-order valence-electron chi connectivity index (χ4n) is 2.32. The van der Waals surface area contributed by atoms with E-state index in [1.807, 2.05) is 36.4 Å². The van der Waals surface area contributed by atoms with Gasteiger partial charge in [-0.1, -0.05) is 30.3 Å². The second kappa shape index (κ2) is 8.17. The summed E-state index contributed by atoms with van der Waals surface area (Å²) in [7, 11) is 0. The first-order valence-corrected chi connectivity index (χ1v) is 7.79. The molecule has 3 rings (SSSR count). The number of halogens is 1. The molecule has 2 aromatic carbocycles. The minimum Gasteiger partial charge on any atom is -0.424 e. The van der Waals surface area contributed by atoms with E-state index in [2.05, 4.69) is 15.3 Å².